The van der Waals surface area contributed by atoms with Crippen LogP contribution in [-0.2, 0) is 14.5 Å². The van der Waals surface area contributed by atoms with Gasteiger partial charge in [0.2, 0.25) is 10.1 Å². The Morgan fingerprint density at radius 3 is 1.75 bits per heavy atom. The second kappa shape index (κ2) is 15.1. The second-order valence-electron chi connectivity index (χ2n) is 5.98. The SMILES string of the molecule is CCCSC(=NOC(=O)N(C)SN(C)C(=O)ON=C(SCCC)C(F)(F)F)C(=O)N(C)C. The fourth-order valence-corrected chi connectivity index (χ4v) is 3.41. The highest BCUT2D eigenvalue weighted by molar-refractivity contribution is 8.15. The topological polar surface area (TPSA) is 104 Å². The first-order valence-electron chi connectivity index (χ1n) is 9.12. The molecule has 0 aromatic carbocycles. The molecule has 0 saturated heterocycles. The molecule has 0 aliphatic carbocycles. The van der Waals surface area contributed by atoms with Crippen molar-refractivity contribution in [2.75, 3.05) is 39.7 Å². The average Bonchev–Trinajstić information content (AvgIpc) is 2.71. The third-order valence-corrected chi connectivity index (χ3v) is 6.00. The molecular formula is C16H26F3N5O5S3. The number of halogens is 3. The molecule has 184 valence electrons. The van der Waals surface area contributed by atoms with Crippen LogP contribution < -0.4 is 0 Å². The molecule has 0 radical (unpaired) electrons. The molecule has 0 spiro atoms. The summed E-state index contributed by atoms with van der Waals surface area (Å²) in [4.78, 5) is 46.4. The van der Waals surface area contributed by atoms with E-state index in [2.05, 4.69) is 15.1 Å². The zero-order valence-electron chi connectivity index (χ0n) is 18.5. The first-order chi connectivity index (χ1) is 14.8. The minimum atomic E-state index is -4.76. The molecule has 0 aromatic heterocycles. The zero-order chi connectivity index (χ0) is 24.9. The van der Waals surface area contributed by atoms with Crippen LogP contribution in [0.5, 0.6) is 0 Å². The Labute approximate surface area is 197 Å². The van der Waals surface area contributed by atoms with Gasteiger partial charge in [0.15, 0.2) is 0 Å². The van der Waals surface area contributed by atoms with Crippen LogP contribution in [0, 0.1) is 0 Å². The second-order valence-corrected chi connectivity index (χ2v) is 9.40. The lowest BCUT2D eigenvalue weighted by Crippen LogP contribution is -2.31. The van der Waals surface area contributed by atoms with Crippen molar-refractivity contribution < 1.29 is 37.2 Å². The van der Waals surface area contributed by atoms with Gasteiger partial charge in [0, 0.05) is 28.2 Å². The van der Waals surface area contributed by atoms with Gasteiger partial charge in [-0.2, -0.15) is 13.2 Å². The Kier molecular flexibility index (Phi) is 14.2. The minimum absolute atomic E-state index is 0.0324. The molecule has 0 saturated carbocycles. The van der Waals surface area contributed by atoms with Crippen molar-refractivity contribution in [2.24, 2.45) is 10.3 Å². The van der Waals surface area contributed by atoms with Crippen molar-refractivity contribution in [1.82, 2.24) is 13.5 Å². The summed E-state index contributed by atoms with van der Waals surface area (Å²) in [6.45, 7) is 3.60. The molecule has 0 N–H and O–H groups in total. The monoisotopic (exact) mass is 521 g/mol. The highest BCUT2D eigenvalue weighted by Gasteiger charge is 2.37. The Morgan fingerprint density at radius 2 is 1.31 bits per heavy atom. The van der Waals surface area contributed by atoms with Crippen LogP contribution in [0.4, 0.5) is 22.8 Å². The number of nitrogens with zero attached hydrogens (tertiary/aromatic N) is 5. The lowest BCUT2D eigenvalue weighted by atomic mass is 10.6. The van der Waals surface area contributed by atoms with E-state index < -0.39 is 29.3 Å². The van der Waals surface area contributed by atoms with Crippen molar-refractivity contribution in [3.63, 3.8) is 0 Å². The van der Waals surface area contributed by atoms with E-state index in [9.17, 15) is 27.6 Å². The van der Waals surface area contributed by atoms with Gasteiger partial charge in [-0.05, 0) is 24.3 Å². The summed E-state index contributed by atoms with van der Waals surface area (Å²) in [6, 6.07) is 0. The van der Waals surface area contributed by atoms with E-state index in [0.717, 1.165) is 33.8 Å². The van der Waals surface area contributed by atoms with Gasteiger partial charge in [-0.1, -0.05) is 47.7 Å². The Bertz CT molecular complexity index is 707. The number of alkyl halides is 3. The first-order valence-corrected chi connectivity index (χ1v) is 11.8. The van der Waals surface area contributed by atoms with Gasteiger partial charge in [-0.15, -0.1) is 0 Å². The number of carbonyl (C=O) groups is 3. The molecule has 0 aliphatic rings. The molecule has 0 heterocycles. The van der Waals surface area contributed by atoms with E-state index >= 15 is 0 Å². The largest absolute Gasteiger partial charge is 0.447 e. The normalized spacial score (nSPS) is 12.3. The molecule has 0 unspecified atom stereocenters. The van der Waals surface area contributed by atoms with E-state index in [1.807, 2.05) is 6.92 Å². The minimum Gasteiger partial charge on any atom is -0.343 e. The smallest absolute Gasteiger partial charge is 0.343 e. The van der Waals surface area contributed by atoms with Crippen LogP contribution in [0.3, 0.4) is 0 Å². The summed E-state index contributed by atoms with van der Waals surface area (Å²) < 4.78 is 40.2. The van der Waals surface area contributed by atoms with E-state index in [0.29, 0.717) is 36.1 Å². The van der Waals surface area contributed by atoms with Gasteiger partial charge in [0.25, 0.3) is 5.91 Å². The summed E-state index contributed by atoms with van der Waals surface area (Å²) in [6.07, 6.45) is -5.82. The highest BCUT2D eigenvalue weighted by Crippen LogP contribution is 2.26. The van der Waals surface area contributed by atoms with Gasteiger partial charge >= 0.3 is 18.4 Å². The third kappa shape index (κ3) is 11.7. The molecule has 0 aromatic rings. The maximum absolute atomic E-state index is 12.9. The number of oxime groups is 2. The quantitative estimate of drug-likeness (QED) is 0.154. The van der Waals surface area contributed by atoms with Crippen molar-refractivity contribution in [3.8, 4) is 0 Å². The number of hydrogen-bond donors (Lipinski definition) is 0. The Hall–Kier alpha value is -1.81. The molecule has 0 atom stereocenters. The number of carbonyl (C=O) groups excluding carboxylic acids is 3. The fourth-order valence-electron chi connectivity index (χ4n) is 1.40. The van der Waals surface area contributed by atoms with Gasteiger partial charge in [0.1, 0.15) is 0 Å². The summed E-state index contributed by atoms with van der Waals surface area (Å²) in [5.41, 5.74) is 0. The number of rotatable bonds is 8. The van der Waals surface area contributed by atoms with Gasteiger partial charge in [-0.25, -0.2) is 18.2 Å². The molecular weight excluding hydrogens is 495 g/mol. The summed E-state index contributed by atoms with van der Waals surface area (Å²) in [7, 11) is 5.41. The van der Waals surface area contributed by atoms with E-state index in [1.54, 1.807) is 6.92 Å². The number of hydrogen-bond acceptors (Lipinski definition) is 10. The first kappa shape index (κ1) is 30.2. The predicted octanol–water partition coefficient (Wildman–Crippen LogP) is 4.25. The summed E-state index contributed by atoms with van der Waals surface area (Å²) in [5.74, 6) is 0.266. The van der Waals surface area contributed by atoms with E-state index in [1.165, 1.54) is 26.0 Å². The van der Waals surface area contributed by atoms with Crippen molar-refractivity contribution in [1.29, 1.82) is 0 Å². The van der Waals surface area contributed by atoms with Gasteiger partial charge < -0.3 is 4.90 Å². The fraction of sp³-hybridized carbons (Fsp3) is 0.688. The molecule has 3 amide bonds. The lowest BCUT2D eigenvalue weighted by Gasteiger charge is -2.19. The molecule has 0 fully saturated rings. The van der Waals surface area contributed by atoms with Crippen LogP contribution in [0.2, 0.25) is 0 Å². The van der Waals surface area contributed by atoms with Crippen LogP contribution >= 0.6 is 35.7 Å². The maximum atomic E-state index is 12.9. The summed E-state index contributed by atoms with van der Waals surface area (Å²) >= 11 is 1.99. The zero-order valence-corrected chi connectivity index (χ0v) is 20.9. The molecule has 0 aliphatic heterocycles. The van der Waals surface area contributed by atoms with E-state index in [4.69, 9.17) is 4.84 Å². The van der Waals surface area contributed by atoms with Crippen molar-refractivity contribution in [3.05, 3.63) is 0 Å². The van der Waals surface area contributed by atoms with Crippen LogP contribution in [-0.4, -0.2) is 87.6 Å². The molecule has 10 nitrogen and oxygen atoms in total. The van der Waals surface area contributed by atoms with Crippen LogP contribution in [0.25, 0.3) is 0 Å². The number of thioether (sulfide) groups is 2. The molecule has 0 rings (SSSR count). The van der Waals surface area contributed by atoms with Crippen molar-refractivity contribution >= 4 is 63.8 Å². The highest BCUT2D eigenvalue weighted by atomic mass is 32.2. The summed E-state index contributed by atoms with van der Waals surface area (Å²) in [5, 5.41) is 5.12. The predicted molar refractivity (Wildman–Crippen MR) is 121 cm³/mol. The van der Waals surface area contributed by atoms with Crippen molar-refractivity contribution in [2.45, 2.75) is 32.9 Å². The van der Waals surface area contributed by atoms with Gasteiger partial charge in [-0.3, -0.25) is 14.5 Å². The van der Waals surface area contributed by atoms with Crippen LogP contribution in [0.15, 0.2) is 10.3 Å². The molecule has 0 bridgehead atoms. The Balaban J connectivity index is 4.98. The number of amides is 3. The average molecular weight is 522 g/mol. The third-order valence-electron chi connectivity index (χ3n) is 2.89. The molecule has 32 heavy (non-hydrogen) atoms. The standard InChI is InChI=1S/C16H26F3N5O5S3/c1-7-9-30-11(12(25)22(3)4)20-28-14(26)23(5)32-24(6)15(27)29-21-13(16(17,18)19)31-10-8-2/h7-10H2,1-6H3. The van der Waals surface area contributed by atoms with Crippen LogP contribution in [0.1, 0.15) is 26.7 Å². The Morgan fingerprint density at radius 1 is 0.844 bits per heavy atom. The lowest BCUT2D eigenvalue weighted by molar-refractivity contribution is -0.121. The van der Waals surface area contributed by atoms with E-state index in [-0.39, 0.29) is 10.8 Å². The maximum Gasteiger partial charge on any atom is 0.447 e. The van der Waals surface area contributed by atoms with Gasteiger partial charge in [0.05, 0.1) is 12.1 Å². The molecule has 16 heteroatoms.